The summed E-state index contributed by atoms with van der Waals surface area (Å²) in [5, 5.41) is 0. The molecule has 0 atom stereocenters. The molecule has 0 radical (unpaired) electrons. The van der Waals surface area contributed by atoms with Crippen LogP contribution in [0.1, 0.15) is 75.7 Å². The molecule has 2 nitrogen and oxygen atoms in total. The van der Waals surface area contributed by atoms with Gasteiger partial charge in [-0.2, -0.15) is 0 Å². The van der Waals surface area contributed by atoms with E-state index in [1.807, 2.05) is 34.6 Å². The molecule has 0 aromatic carbocycles. The molecular weight excluding hydrogens is 268 g/mol. The second-order valence-electron chi connectivity index (χ2n) is 9.19. The Bertz CT molecular complexity index is 425. The lowest BCUT2D eigenvalue weighted by Crippen LogP contribution is -2.43. The molecule has 0 aromatic rings. The van der Waals surface area contributed by atoms with Gasteiger partial charge in [-0.1, -0.05) is 69.2 Å². The highest BCUT2D eigenvalue weighted by atomic mass is 32.1. The van der Waals surface area contributed by atoms with Crippen LogP contribution in [-0.2, 0) is 16.1 Å². The molecule has 0 aliphatic heterocycles. The summed E-state index contributed by atoms with van der Waals surface area (Å²) < 4.78 is 11.6. The minimum Gasteiger partial charge on any atom is -0.299 e. The molecule has 0 rings (SSSR count). The first-order valence-electron chi connectivity index (χ1n) is 7.28. The predicted octanol–water partition coefficient (Wildman–Crippen LogP) is 4.48. The van der Waals surface area contributed by atoms with Crippen LogP contribution in [0.3, 0.4) is 0 Å². The molecule has 20 heavy (non-hydrogen) atoms. The van der Waals surface area contributed by atoms with Crippen molar-refractivity contribution in [1.82, 2.24) is 0 Å². The summed E-state index contributed by atoms with van der Waals surface area (Å²) in [6, 6.07) is 0. The fourth-order valence-electron chi connectivity index (χ4n) is 3.53. The summed E-state index contributed by atoms with van der Waals surface area (Å²) in [6.45, 7) is 20.2. The smallest absolute Gasteiger partial charge is 0.143 e. The molecular formula is C17H32O2S. The van der Waals surface area contributed by atoms with Gasteiger partial charge in [-0.05, 0) is 17.3 Å². The average Bonchev–Trinajstić information content (AvgIpc) is 2.10. The molecule has 0 heterocycles. The lowest BCUT2D eigenvalue weighted by molar-refractivity contribution is -0.136. The Hall–Kier alpha value is -0.440. The van der Waals surface area contributed by atoms with E-state index in [0.29, 0.717) is 17.7 Å². The van der Waals surface area contributed by atoms with Crippen molar-refractivity contribution >= 4 is 21.9 Å². The minimum absolute atomic E-state index is 0.156. The Balaban J connectivity index is 5.50. The monoisotopic (exact) mass is 300 g/mol. The highest BCUT2D eigenvalue weighted by Gasteiger charge is 2.43. The van der Waals surface area contributed by atoms with Crippen molar-refractivity contribution in [3.8, 4) is 0 Å². The van der Waals surface area contributed by atoms with Gasteiger partial charge in [0, 0.05) is 15.7 Å². The van der Waals surface area contributed by atoms with Gasteiger partial charge in [-0.3, -0.25) is 4.79 Å². The third-order valence-electron chi connectivity index (χ3n) is 3.56. The van der Waals surface area contributed by atoms with Gasteiger partial charge in [0.2, 0.25) is 0 Å². The number of carbonyl (C=O) groups excluding carboxylic acids is 1. The highest BCUT2D eigenvalue weighted by Crippen LogP contribution is 2.42. The van der Waals surface area contributed by atoms with Crippen molar-refractivity contribution in [2.75, 3.05) is 0 Å². The first-order valence-corrected chi connectivity index (χ1v) is 8.02. The quantitative estimate of drug-likeness (QED) is 0.718. The van der Waals surface area contributed by atoms with Crippen molar-refractivity contribution in [3.63, 3.8) is 0 Å². The topological polar surface area (TPSA) is 34.1 Å². The van der Waals surface area contributed by atoms with Gasteiger partial charge in [0.25, 0.3) is 0 Å². The summed E-state index contributed by atoms with van der Waals surface area (Å²) in [4.78, 5) is 13.5. The molecule has 0 aliphatic rings. The van der Waals surface area contributed by atoms with Gasteiger partial charge >= 0.3 is 0 Å². The molecule has 0 saturated carbocycles. The number of ketones is 1. The molecule has 0 N–H and O–H groups in total. The summed E-state index contributed by atoms with van der Waals surface area (Å²) >= 11 is 0.599. The largest absolute Gasteiger partial charge is 0.299 e. The van der Waals surface area contributed by atoms with E-state index in [4.69, 9.17) is 0 Å². The summed E-state index contributed by atoms with van der Waals surface area (Å²) in [5.74, 6) is 0.252. The van der Waals surface area contributed by atoms with Crippen molar-refractivity contribution in [1.29, 1.82) is 0 Å². The van der Waals surface area contributed by atoms with E-state index in [9.17, 15) is 9.00 Å². The number of rotatable bonds is 4. The zero-order chi connectivity index (χ0) is 16.6. The number of carbonyl (C=O) groups is 1. The van der Waals surface area contributed by atoms with E-state index < -0.39 is 5.41 Å². The van der Waals surface area contributed by atoms with E-state index in [-0.39, 0.29) is 22.0 Å². The van der Waals surface area contributed by atoms with Crippen LogP contribution >= 0.6 is 0 Å². The van der Waals surface area contributed by atoms with Crippen LogP contribution in [0.4, 0.5) is 0 Å². The molecule has 0 unspecified atom stereocenters. The van der Waals surface area contributed by atoms with Crippen LogP contribution in [0.2, 0.25) is 0 Å². The SMILES string of the molecule is CC(C)(C)C(=O)C(C)(C)CC(C)(C)C(=S=O)C(C)(C)C. The standard InChI is InChI=1S/C17H32O2S/c1-14(2,3)12(18)16(7,8)11-17(9,10)13(20-19)15(4,5)6/h11H2,1-10H3. The zero-order valence-electron chi connectivity index (χ0n) is 14.9. The maximum atomic E-state index is 12.6. The number of Topliss-reactive ketones (excluding diaryl/α,β-unsaturated/α-hetero) is 1. The fraction of sp³-hybridized carbons (Fsp3) is 0.882. The average molecular weight is 301 g/mol. The summed E-state index contributed by atoms with van der Waals surface area (Å²) in [7, 11) is 0. The van der Waals surface area contributed by atoms with Crippen LogP contribution in [0.15, 0.2) is 0 Å². The summed E-state index contributed by atoms with van der Waals surface area (Å²) in [5.41, 5.74) is -1.22. The lowest BCUT2D eigenvalue weighted by Gasteiger charge is -2.40. The molecule has 0 amide bonds. The Morgan fingerprint density at radius 2 is 1.15 bits per heavy atom. The van der Waals surface area contributed by atoms with Gasteiger partial charge in [-0.25, -0.2) is 4.21 Å². The van der Waals surface area contributed by atoms with Crippen molar-refractivity contribution in [3.05, 3.63) is 0 Å². The van der Waals surface area contributed by atoms with Crippen LogP contribution in [0, 0.1) is 21.7 Å². The molecule has 0 saturated heterocycles. The van der Waals surface area contributed by atoms with E-state index in [2.05, 4.69) is 34.6 Å². The Morgan fingerprint density at radius 1 is 0.750 bits per heavy atom. The minimum atomic E-state index is -0.437. The molecule has 0 fully saturated rings. The Kier molecular flexibility index (Phi) is 5.62. The van der Waals surface area contributed by atoms with Crippen LogP contribution < -0.4 is 0 Å². The molecule has 0 aromatic heterocycles. The predicted molar refractivity (Wildman–Crippen MR) is 89.2 cm³/mol. The Morgan fingerprint density at radius 3 is 1.40 bits per heavy atom. The first kappa shape index (κ1) is 19.6. The second-order valence-corrected chi connectivity index (χ2v) is 9.76. The van der Waals surface area contributed by atoms with Gasteiger partial charge in [0.15, 0.2) is 0 Å². The lowest BCUT2D eigenvalue weighted by atomic mass is 9.63. The van der Waals surface area contributed by atoms with Crippen molar-refractivity contribution in [2.45, 2.75) is 75.7 Å². The number of hydrogen-bond acceptors (Lipinski definition) is 2. The third-order valence-corrected chi connectivity index (χ3v) is 4.89. The van der Waals surface area contributed by atoms with E-state index in [1.54, 1.807) is 0 Å². The second kappa shape index (κ2) is 5.75. The zero-order valence-corrected chi connectivity index (χ0v) is 15.7. The van der Waals surface area contributed by atoms with E-state index >= 15 is 0 Å². The third kappa shape index (κ3) is 4.83. The van der Waals surface area contributed by atoms with Gasteiger partial charge < -0.3 is 0 Å². The van der Waals surface area contributed by atoms with Gasteiger partial charge in [0.1, 0.15) is 5.78 Å². The summed E-state index contributed by atoms with van der Waals surface area (Å²) in [6.07, 6.45) is 0.692. The molecule has 0 spiro atoms. The Labute approximate surface area is 128 Å². The van der Waals surface area contributed by atoms with E-state index in [1.165, 1.54) is 0 Å². The van der Waals surface area contributed by atoms with Crippen molar-refractivity contribution in [2.24, 2.45) is 21.7 Å². The number of hydrogen-bond donors (Lipinski definition) is 0. The highest BCUT2D eigenvalue weighted by molar-refractivity contribution is 7.66. The normalized spacial score (nSPS) is 14.1. The van der Waals surface area contributed by atoms with Gasteiger partial charge in [0.05, 0.1) is 11.3 Å². The molecule has 3 heteroatoms. The van der Waals surface area contributed by atoms with Crippen LogP contribution in [0.25, 0.3) is 0 Å². The maximum absolute atomic E-state index is 12.6. The van der Waals surface area contributed by atoms with Crippen LogP contribution in [-0.4, -0.2) is 14.9 Å². The van der Waals surface area contributed by atoms with Gasteiger partial charge in [-0.15, -0.1) is 0 Å². The maximum Gasteiger partial charge on any atom is 0.143 e. The molecule has 0 bridgehead atoms. The first-order chi connectivity index (χ1) is 8.55. The van der Waals surface area contributed by atoms with E-state index in [0.717, 1.165) is 4.86 Å². The fourth-order valence-corrected chi connectivity index (χ4v) is 4.08. The molecule has 118 valence electrons. The van der Waals surface area contributed by atoms with Crippen molar-refractivity contribution < 1.29 is 9.00 Å². The van der Waals surface area contributed by atoms with Crippen LogP contribution in [0.5, 0.6) is 0 Å². The molecule has 0 aliphatic carbocycles.